The first-order chi connectivity index (χ1) is 54.3. The van der Waals surface area contributed by atoms with Crippen molar-refractivity contribution in [3.05, 3.63) is 345 Å². The topological polar surface area (TPSA) is 0 Å². The van der Waals surface area contributed by atoms with Crippen molar-refractivity contribution in [1.29, 1.82) is 0 Å². The Hall–Kier alpha value is -10.6. The smallest absolute Gasteiger partial charge is 0.0333 e. The van der Waals surface area contributed by atoms with Gasteiger partial charge in [-0.1, -0.05) is 463 Å². The van der Waals surface area contributed by atoms with E-state index in [0.29, 0.717) is 0 Å². The van der Waals surface area contributed by atoms with Gasteiger partial charge in [0.15, 0.2) is 0 Å². The number of fused-ring (bicyclic) bond motifs is 6. The molecule has 0 amide bonds. The molecule has 2 aliphatic rings. The summed E-state index contributed by atoms with van der Waals surface area (Å²) in [4.78, 5) is 0. The minimum Gasteiger partial charge on any atom is -0.115 e. The van der Waals surface area contributed by atoms with Gasteiger partial charge in [-0.2, -0.15) is 0 Å². The lowest BCUT2D eigenvalue weighted by atomic mass is 9.91. The largest absolute Gasteiger partial charge is 0.115 e. The van der Waals surface area contributed by atoms with E-state index in [2.05, 4.69) is 400 Å². The van der Waals surface area contributed by atoms with Gasteiger partial charge >= 0.3 is 0 Å². The van der Waals surface area contributed by atoms with Gasteiger partial charge in [0.25, 0.3) is 0 Å². The summed E-state index contributed by atoms with van der Waals surface area (Å²) in [6.07, 6.45) is 34.3. The molecule has 0 aliphatic heterocycles. The highest BCUT2D eigenvalue weighted by Crippen LogP contribution is 2.26. The van der Waals surface area contributed by atoms with Crippen LogP contribution in [-0.2, 0) is 12.8 Å². The Morgan fingerprint density at radius 3 is 1.04 bits per heavy atom. The maximum atomic E-state index is 5.48. The molecule has 0 N–H and O–H groups in total. The summed E-state index contributed by atoms with van der Waals surface area (Å²) in [6.45, 7) is 50.4. The van der Waals surface area contributed by atoms with Crippen LogP contribution >= 0.6 is 0 Å². The van der Waals surface area contributed by atoms with E-state index < -0.39 is 0 Å². The first-order valence-electron chi connectivity index (χ1n) is 41.6. The third kappa shape index (κ3) is 46.8. The van der Waals surface area contributed by atoms with Crippen molar-refractivity contribution in [2.24, 2.45) is 0 Å². The standard InChI is InChI=1S/C15H10.C15H12.C11H12.3C11H10.2C7H8.8C3H8/c1-3-7-12-10-13(4-2)15-9-6-5-8-14(15)11-12;1-3-7-13-10-12(4-2)11-14-8-5-6-9-15(13)14;2*1-9-5-4-7-10-6-2-3-8-11(9)10;2*1-9-6-7-10-4-2-3-5-11(10)8-9;2*1-7-5-3-2-4-6-7;8*1-3-2/h2,5-6,8-11H,1H3;2,6,9-11H,5,8H2,1H3;3-5,7-8H,2,6H2,1H3;3*2-8H,1H3;2*2-6H,1H3;8*3H2,1-2H3. The molecule has 14 rings (SSSR count). The van der Waals surface area contributed by atoms with Crippen LogP contribution in [0.2, 0.25) is 0 Å². The van der Waals surface area contributed by atoms with Crippen LogP contribution in [0, 0.1) is 89.9 Å². The van der Waals surface area contributed by atoms with Crippen molar-refractivity contribution in [2.45, 2.75) is 243 Å². The molecule has 0 spiro atoms. The van der Waals surface area contributed by atoms with Crippen LogP contribution in [0.15, 0.2) is 267 Å². The fraction of sp³-hybridized carbons (Fsp3) is 0.321. The van der Waals surface area contributed by atoms with Gasteiger partial charge in [0.2, 0.25) is 0 Å². The zero-order valence-corrected chi connectivity index (χ0v) is 74.2. The predicted molar refractivity (Wildman–Crippen MR) is 513 cm³/mol. The second kappa shape index (κ2) is 69.6. The molecule has 0 unspecified atom stereocenters. The van der Waals surface area contributed by atoms with Crippen LogP contribution in [0.1, 0.15) is 267 Å². The number of benzene rings is 12. The van der Waals surface area contributed by atoms with E-state index >= 15 is 0 Å². The molecule has 0 heterocycles. The van der Waals surface area contributed by atoms with Gasteiger partial charge in [-0.3, -0.25) is 0 Å². The Balaban J connectivity index is 0. The lowest BCUT2D eigenvalue weighted by molar-refractivity contribution is 0.981. The van der Waals surface area contributed by atoms with Crippen LogP contribution in [-0.4, -0.2) is 0 Å². The van der Waals surface area contributed by atoms with Crippen molar-refractivity contribution in [3.63, 3.8) is 0 Å². The number of allylic oxidation sites excluding steroid dienone is 2. The Morgan fingerprint density at radius 2 is 0.634 bits per heavy atom. The number of terminal acetylenes is 2. The Labute approximate surface area is 687 Å². The van der Waals surface area contributed by atoms with Gasteiger partial charge < -0.3 is 0 Å². The lowest BCUT2D eigenvalue weighted by Crippen LogP contribution is -1.98. The molecule has 592 valence electrons. The van der Waals surface area contributed by atoms with Crippen LogP contribution < -0.4 is 0 Å². The van der Waals surface area contributed by atoms with Gasteiger partial charge in [0.05, 0.1) is 0 Å². The summed E-state index contributed by atoms with van der Waals surface area (Å²) in [6, 6.07) is 87.9. The third-order valence-corrected chi connectivity index (χ3v) is 14.8. The zero-order chi connectivity index (χ0) is 84.0. The molecule has 0 heteroatoms. The molecule has 0 radical (unpaired) electrons. The molecule has 12 aromatic rings. The van der Waals surface area contributed by atoms with Gasteiger partial charge in [-0.05, 0) is 182 Å². The number of aryl methyl sites for hydroxylation is 8. The van der Waals surface area contributed by atoms with E-state index in [9.17, 15) is 0 Å². The van der Waals surface area contributed by atoms with Crippen LogP contribution in [0.3, 0.4) is 0 Å². The molecule has 0 nitrogen and oxygen atoms in total. The summed E-state index contributed by atoms with van der Waals surface area (Å²) in [5.41, 5.74) is 17.4. The highest BCUT2D eigenvalue weighted by Gasteiger charge is 2.10. The molecule has 112 heavy (non-hydrogen) atoms. The first-order valence-corrected chi connectivity index (χ1v) is 41.6. The minimum absolute atomic E-state index is 0.908. The van der Waals surface area contributed by atoms with Crippen molar-refractivity contribution in [3.8, 4) is 48.4 Å². The van der Waals surface area contributed by atoms with E-state index in [1.165, 1.54) is 152 Å². The molecular weight excluding hydrogens is 1350 g/mol. The highest BCUT2D eigenvalue weighted by molar-refractivity contribution is 5.90. The van der Waals surface area contributed by atoms with Crippen LogP contribution in [0.25, 0.3) is 55.2 Å². The van der Waals surface area contributed by atoms with E-state index in [1.54, 1.807) is 0 Å². The van der Waals surface area contributed by atoms with Crippen molar-refractivity contribution in [1.82, 2.24) is 0 Å². The second-order valence-electron chi connectivity index (χ2n) is 27.4. The lowest BCUT2D eigenvalue weighted by Gasteiger charge is -2.12. The summed E-state index contributed by atoms with van der Waals surface area (Å²) >= 11 is 0. The Kier molecular flexibility index (Phi) is 64.3. The van der Waals surface area contributed by atoms with Gasteiger partial charge in [-0.25, -0.2) is 0 Å². The number of hydrogen-bond acceptors (Lipinski definition) is 0. The molecule has 0 saturated heterocycles. The van der Waals surface area contributed by atoms with E-state index in [0.717, 1.165) is 45.9 Å². The van der Waals surface area contributed by atoms with Crippen molar-refractivity contribution >= 4 is 55.2 Å². The Morgan fingerprint density at radius 1 is 0.268 bits per heavy atom. The fourth-order valence-electron chi connectivity index (χ4n) is 10.2. The van der Waals surface area contributed by atoms with E-state index in [1.807, 2.05) is 80.6 Å². The predicted octanol–water partition coefficient (Wildman–Crippen LogP) is 33.9. The fourth-order valence-corrected chi connectivity index (χ4v) is 10.2. The maximum Gasteiger partial charge on any atom is 0.0333 e. The first kappa shape index (κ1) is 103. The Bertz CT molecular complexity index is 4490. The average Bonchev–Trinajstić information content (AvgIpc) is 0.831. The van der Waals surface area contributed by atoms with E-state index in [-0.39, 0.29) is 0 Å². The maximum absolute atomic E-state index is 5.48. The van der Waals surface area contributed by atoms with Crippen molar-refractivity contribution in [2.75, 3.05) is 0 Å². The monoisotopic (exact) mass is 1490 g/mol. The third-order valence-electron chi connectivity index (χ3n) is 14.8. The summed E-state index contributed by atoms with van der Waals surface area (Å²) in [5, 5.41) is 10.2. The average molecular weight is 1490 g/mol. The summed E-state index contributed by atoms with van der Waals surface area (Å²) < 4.78 is 0. The highest BCUT2D eigenvalue weighted by atomic mass is 14.1. The SMILES string of the molecule is C#Cc1cc(C#CC)c2c(c1)CCC=C2.C#Cc1cc(C#CC)cc2ccccc12.CCC.CCC.CCC.CCC.CCC.CCC.CCC.CCC.Cc1ccc2ccccc2c1.Cc1ccc2ccccc2c1.Cc1cccc2c1C=CCC2.Cc1cccc2ccccc12.Cc1ccccc1.Cc1ccccc1. The van der Waals surface area contributed by atoms with Gasteiger partial charge in [0.1, 0.15) is 0 Å². The minimum atomic E-state index is 0.908. The molecule has 0 aromatic heterocycles. The molecule has 0 saturated carbocycles. The van der Waals surface area contributed by atoms with E-state index in [4.69, 9.17) is 12.8 Å². The van der Waals surface area contributed by atoms with Gasteiger partial charge in [0, 0.05) is 22.3 Å². The summed E-state index contributed by atoms with van der Waals surface area (Å²) in [5.74, 6) is 17.3. The molecule has 12 aromatic carbocycles. The number of hydrogen-bond donors (Lipinski definition) is 0. The quantitative estimate of drug-likeness (QED) is 0.133. The molecule has 0 atom stereocenters. The van der Waals surface area contributed by atoms with Gasteiger partial charge in [-0.15, -0.1) is 24.7 Å². The molecule has 2 aliphatic carbocycles. The summed E-state index contributed by atoms with van der Waals surface area (Å²) in [7, 11) is 0. The molecule has 0 fully saturated rings. The normalized spacial score (nSPS) is 9.70. The van der Waals surface area contributed by atoms with Crippen LogP contribution in [0.4, 0.5) is 0 Å². The molecule has 0 bridgehead atoms. The van der Waals surface area contributed by atoms with Crippen molar-refractivity contribution < 1.29 is 0 Å². The second-order valence-corrected chi connectivity index (χ2v) is 27.4. The number of rotatable bonds is 0. The molecular formula is C112H144. The van der Waals surface area contributed by atoms with Crippen LogP contribution in [0.5, 0.6) is 0 Å². The zero-order valence-electron chi connectivity index (χ0n) is 74.2.